The third-order valence-corrected chi connectivity index (χ3v) is 8.04. The van der Waals surface area contributed by atoms with E-state index in [1.165, 1.54) is 11.8 Å². The first-order valence-corrected chi connectivity index (χ1v) is 11.5. The molecule has 2 aliphatic heterocycles. The molecule has 140 valence electrons. The lowest BCUT2D eigenvalue weighted by Gasteiger charge is -2.31. The Balaban J connectivity index is 1.51. The van der Waals surface area contributed by atoms with Gasteiger partial charge in [0.05, 0.1) is 11.4 Å². The molecule has 0 spiro atoms. The number of nitrogens with one attached hydrogen (secondary N) is 1. The normalized spacial score (nSPS) is 19.4. The number of nitrogens with zero attached hydrogens (tertiary/aromatic N) is 4. The monoisotopic (exact) mass is 393 g/mol. The SMILES string of the molecule is CSc1ccccc1S(=O)(=O)N1CCC(c2nnc3n2CCNC3)CC1. The third kappa shape index (κ3) is 3.17. The van der Waals surface area contributed by atoms with E-state index in [1.807, 2.05) is 18.4 Å². The summed E-state index contributed by atoms with van der Waals surface area (Å²) in [6.45, 7) is 3.62. The molecule has 1 aromatic heterocycles. The molecule has 1 saturated heterocycles. The average molecular weight is 394 g/mol. The molecule has 9 heteroatoms. The second-order valence-corrected chi connectivity index (χ2v) is 9.39. The van der Waals surface area contributed by atoms with Crippen molar-refractivity contribution in [3.8, 4) is 0 Å². The molecule has 0 radical (unpaired) electrons. The van der Waals surface area contributed by atoms with E-state index < -0.39 is 10.0 Å². The minimum Gasteiger partial charge on any atom is -0.312 e. The van der Waals surface area contributed by atoms with Gasteiger partial charge in [0.15, 0.2) is 0 Å². The maximum Gasteiger partial charge on any atom is 0.244 e. The van der Waals surface area contributed by atoms with Crippen molar-refractivity contribution in [1.82, 2.24) is 24.4 Å². The predicted octanol–water partition coefficient (Wildman–Crippen LogP) is 1.67. The highest BCUT2D eigenvalue weighted by molar-refractivity contribution is 7.99. The van der Waals surface area contributed by atoms with Gasteiger partial charge in [-0.2, -0.15) is 4.31 Å². The van der Waals surface area contributed by atoms with Gasteiger partial charge in [0, 0.05) is 37.0 Å². The Morgan fingerprint density at radius 3 is 2.69 bits per heavy atom. The Labute approximate surface area is 158 Å². The minimum atomic E-state index is -3.45. The van der Waals surface area contributed by atoms with E-state index in [0.29, 0.717) is 18.0 Å². The first-order chi connectivity index (χ1) is 12.6. The van der Waals surface area contributed by atoms with E-state index in [0.717, 1.165) is 49.0 Å². The summed E-state index contributed by atoms with van der Waals surface area (Å²) in [7, 11) is -3.45. The number of hydrogen-bond acceptors (Lipinski definition) is 6. The number of fused-ring (bicyclic) bond motifs is 1. The molecular weight excluding hydrogens is 370 g/mol. The quantitative estimate of drug-likeness (QED) is 0.796. The molecule has 2 aliphatic rings. The smallest absolute Gasteiger partial charge is 0.244 e. The summed E-state index contributed by atoms with van der Waals surface area (Å²) in [6, 6.07) is 7.23. The van der Waals surface area contributed by atoms with Gasteiger partial charge >= 0.3 is 0 Å². The fraction of sp³-hybridized carbons (Fsp3) is 0.529. The number of benzene rings is 1. The molecule has 0 aliphatic carbocycles. The van der Waals surface area contributed by atoms with Crippen LogP contribution in [0.25, 0.3) is 0 Å². The van der Waals surface area contributed by atoms with Crippen molar-refractivity contribution in [2.75, 3.05) is 25.9 Å². The molecule has 0 unspecified atom stereocenters. The van der Waals surface area contributed by atoms with Gasteiger partial charge in [-0.05, 0) is 31.2 Å². The van der Waals surface area contributed by atoms with Crippen molar-refractivity contribution in [2.45, 2.75) is 41.6 Å². The molecule has 0 saturated carbocycles. The molecule has 1 aromatic carbocycles. The standard InChI is InChI=1S/C17H23N5O2S2/c1-25-14-4-2-3-5-15(14)26(23,24)21-9-6-13(7-10-21)17-20-19-16-12-18-8-11-22(16)17/h2-5,13,18H,6-12H2,1H3. The zero-order valence-electron chi connectivity index (χ0n) is 14.8. The summed E-state index contributed by atoms with van der Waals surface area (Å²) in [6.07, 6.45) is 3.47. The number of hydrogen-bond donors (Lipinski definition) is 1. The molecule has 1 N–H and O–H groups in total. The van der Waals surface area contributed by atoms with E-state index >= 15 is 0 Å². The van der Waals surface area contributed by atoms with Crippen LogP contribution in [0.3, 0.4) is 0 Å². The first kappa shape index (κ1) is 18.0. The minimum absolute atomic E-state index is 0.275. The molecule has 2 aromatic rings. The summed E-state index contributed by atoms with van der Waals surface area (Å²) >= 11 is 1.47. The lowest BCUT2D eigenvalue weighted by atomic mass is 9.97. The van der Waals surface area contributed by atoms with Crippen LogP contribution in [0.5, 0.6) is 0 Å². The molecule has 0 bridgehead atoms. The van der Waals surface area contributed by atoms with Crippen LogP contribution in [0, 0.1) is 0 Å². The van der Waals surface area contributed by atoms with Gasteiger partial charge in [-0.25, -0.2) is 8.42 Å². The van der Waals surface area contributed by atoms with Crippen LogP contribution in [-0.2, 0) is 23.1 Å². The van der Waals surface area contributed by atoms with Crippen LogP contribution in [0.1, 0.15) is 30.4 Å². The fourth-order valence-electron chi connectivity index (χ4n) is 3.74. The van der Waals surface area contributed by atoms with E-state index in [-0.39, 0.29) is 5.92 Å². The summed E-state index contributed by atoms with van der Waals surface area (Å²) in [5, 5.41) is 12.0. The molecule has 26 heavy (non-hydrogen) atoms. The predicted molar refractivity (Wildman–Crippen MR) is 101 cm³/mol. The van der Waals surface area contributed by atoms with E-state index in [1.54, 1.807) is 16.4 Å². The number of aromatic nitrogens is 3. The van der Waals surface area contributed by atoms with Crippen molar-refractivity contribution in [2.24, 2.45) is 0 Å². The highest BCUT2D eigenvalue weighted by Crippen LogP contribution is 2.33. The molecular formula is C17H23N5O2S2. The van der Waals surface area contributed by atoms with E-state index in [4.69, 9.17) is 0 Å². The molecule has 0 amide bonds. The zero-order valence-corrected chi connectivity index (χ0v) is 16.4. The summed E-state index contributed by atoms with van der Waals surface area (Å²) in [5.74, 6) is 2.27. The summed E-state index contributed by atoms with van der Waals surface area (Å²) in [4.78, 5) is 1.21. The van der Waals surface area contributed by atoms with Crippen LogP contribution in [0.2, 0.25) is 0 Å². The van der Waals surface area contributed by atoms with Gasteiger partial charge in [0.25, 0.3) is 0 Å². The number of piperidine rings is 1. The van der Waals surface area contributed by atoms with Crippen molar-refractivity contribution in [3.63, 3.8) is 0 Å². The third-order valence-electron chi connectivity index (χ3n) is 5.16. The van der Waals surface area contributed by atoms with Crippen LogP contribution < -0.4 is 5.32 Å². The molecule has 3 heterocycles. The Morgan fingerprint density at radius 1 is 1.15 bits per heavy atom. The molecule has 4 rings (SSSR count). The van der Waals surface area contributed by atoms with Gasteiger partial charge in [0.2, 0.25) is 10.0 Å². The molecule has 7 nitrogen and oxygen atoms in total. The van der Waals surface area contributed by atoms with Gasteiger partial charge in [-0.3, -0.25) is 0 Å². The second-order valence-electron chi connectivity index (χ2n) is 6.63. The average Bonchev–Trinajstić information content (AvgIpc) is 3.12. The van der Waals surface area contributed by atoms with E-state index in [2.05, 4.69) is 20.1 Å². The lowest BCUT2D eigenvalue weighted by molar-refractivity contribution is 0.306. The van der Waals surface area contributed by atoms with E-state index in [9.17, 15) is 8.42 Å². The fourth-order valence-corrected chi connectivity index (χ4v) is 6.33. The maximum absolute atomic E-state index is 13.1. The largest absolute Gasteiger partial charge is 0.312 e. The number of thioether (sulfide) groups is 1. The molecule has 1 fully saturated rings. The number of sulfonamides is 1. The highest BCUT2D eigenvalue weighted by Gasteiger charge is 2.33. The first-order valence-electron chi connectivity index (χ1n) is 8.87. The van der Waals surface area contributed by atoms with Crippen LogP contribution in [0.15, 0.2) is 34.1 Å². The Hall–Kier alpha value is -1.42. The van der Waals surface area contributed by atoms with Gasteiger partial charge in [0.1, 0.15) is 11.6 Å². The topological polar surface area (TPSA) is 80.1 Å². The Morgan fingerprint density at radius 2 is 1.92 bits per heavy atom. The lowest BCUT2D eigenvalue weighted by Crippen LogP contribution is -2.39. The van der Waals surface area contributed by atoms with Crippen molar-refractivity contribution in [1.29, 1.82) is 0 Å². The van der Waals surface area contributed by atoms with Crippen LogP contribution in [0.4, 0.5) is 0 Å². The Kier molecular flexibility index (Phi) is 5.05. The van der Waals surface area contributed by atoms with Crippen molar-refractivity contribution < 1.29 is 8.42 Å². The Bertz CT molecular complexity index is 888. The van der Waals surface area contributed by atoms with Crippen LogP contribution >= 0.6 is 11.8 Å². The van der Waals surface area contributed by atoms with Gasteiger partial charge in [-0.1, -0.05) is 12.1 Å². The van der Waals surface area contributed by atoms with Crippen LogP contribution in [-0.4, -0.2) is 53.4 Å². The van der Waals surface area contributed by atoms with Gasteiger partial charge in [-0.15, -0.1) is 22.0 Å². The molecule has 0 atom stereocenters. The van der Waals surface area contributed by atoms with Gasteiger partial charge < -0.3 is 9.88 Å². The second kappa shape index (κ2) is 7.30. The van der Waals surface area contributed by atoms with Crippen molar-refractivity contribution >= 4 is 21.8 Å². The summed E-state index contributed by atoms with van der Waals surface area (Å²) < 4.78 is 29.9. The van der Waals surface area contributed by atoms with Crippen molar-refractivity contribution in [3.05, 3.63) is 35.9 Å². The highest BCUT2D eigenvalue weighted by atomic mass is 32.2. The zero-order chi connectivity index (χ0) is 18.1. The summed E-state index contributed by atoms with van der Waals surface area (Å²) in [5.41, 5.74) is 0. The number of rotatable bonds is 4. The maximum atomic E-state index is 13.1.